The van der Waals surface area contributed by atoms with Crippen LogP contribution in [-0.4, -0.2) is 24.2 Å². The van der Waals surface area contributed by atoms with Gasteiger partial charge in [0.25, 0.3) is 0 Å². The highest BCUT2D eigenvalue weighted by molar-refractivity contribution is 5.70. The fraction of sp³-hybridized carbons (Fsp3) is 0.250. The van der Waals surface area contributed by atoms with Gasteiger partial charge in [0.15, 0.2) is 0 Å². The number of carboxylic acids is 1. The lowest BCUT2D eigenvalue weighted by atomic mass is 10.0. The van der Waals surface area contributed by atoms with Crippen LogP contribution in [0.5, 0.6) is 0 Å². The van der Waals surface area contributed by atoms with Gasteiger partial charge < -0.3 is 10.4 Å². The zero-order chi connectivity index (χ0) is 10.7. The molecule has 0 spiro atoms. The Balaban J connectivity index is 2.06. The Morgan fingerprint density at radius 1 is 1.33 bits per heavy atom. The van der Waals surface area contributed by atoms with Crippen molar-refractivity contribution in [3.8, 4) is 0 Å². The van der Waals surface area contributed by atoms with Crippen LogP contribution >= 0.6 is 0 Å². The van der Waals surface area contributed by atoms with Gasteiger partial charge in [-0.2, -0.15) is 0 Å². The van der Waals surface area contributed by atoms with E-state index in [-0.39, 0.29) is 6.42 Å². The lowest BCUT2D eigenvalue weighted by Crippen LogP contribution is -2.33. The molecule has 3 nitrogen and oxygen atoms in total. The van der Waals surface area contributed by atoms with Crippen LogP contribution in [0, 0.1) is 0 Å². The van der Waals surface area contributed by atoms with Gasteiger partial charge in [-0.05, 0) is 16.7 Å². The lowest BCUT2D eigenvalue weighted by Gasteiger charge is -2.18. The standard InChI is InChI=1S/C12H13NO2/c14-12(15)6-10-3-1-9(2-4-10)5-11-7-13-8-11/h1-5,13H,6-8H2,(H,14,15). The third-order valence-electron chi connectivity index (χ3n) is 2.41. The van der Waals surface area contributed by atoms with E-state index in [1.807, 2.05) is 24.3 Å². The zero-order valence-electron chi connectivity index (χ0n) is 8.36. The van der Waals surface area contributed by atoms with Crippen LogP contribution in [0.3, 0.4) is 0 Å². The molecule has 0 atom stereocenters. The molecule has 0 aliphatic carbocycles. The van der Waals surface area contributed by atoms with E-state index in [0.29, 0.717) is 0 Å². The predicted molar refractivity (Wildman–Crippen MR) is 58.6 cm³/mol. The number of aliphatic carboxylic acids is 1. The van der Waals surface area contributed by atoms with Crippen LogP contribution in [0.2, 0.25) is 0 Å². The largest absolute Gasteiger partial charge is 0.481 e. The molecule has 1 saturated heterocycles. The van der Waals surface area contributed by atoms with Crippen molar-refractivity contribution < 1.29 is 9.90 Å². The van der Waals surface area contributed by atoms with Crippen LogP contribution < -0.4 is 5.32 Å². The fourth-order valence-corrected chi connectivity index (χ4v) is 1.51. The van der Waals surface area contributed by atoms with Crippen LogP contribution in [0.4, 0.5) is 0 Å². The van der Waals surface area contributed by atoms with Crippen LogP contribution in [0.1, 0.15) is 11.1 Å². The van der Waals surface area contributed by atoms with Crippen molar-refractivity contribution in [1.82, 2.24) is 5.32 Å². The molecule has 1 aliphatic rings. The van der Waals surface area contributed by atoms with Crippen molar-refractivity contribution in [1.29, 1.82) is 0 Å². The van der Waals surface area contributed by atoms with Gasteiger partial charge in [-0.15, -0.1) is 0 Å². The molecule has 78 valence electrons. The molecule has 1 aromatic rings. The first-order valence-corrected chi connectivity index (χ1v) is 4.95. The summed E-state index contributed by atoms with van der Waals surface area (Å²) in [6.45, 7) is 1.94. The van der Waals surface area contributed by atoms with Gasteiger partial charge in [-0.25, -0.2) is 0 Å². The van der Waals surface area contributed by atoms with Gasteiger partial charge in [-0.1, -0.05) is 30.3 Å². The summed E-state index contributed by atoms with van der Waals surface area (Å²) in [5.41, 5.74) is 3.37. The quantitative estimate of drug-likeness (QED) is 0.778. The minimum absolute atomic E-state index is 0.0956. The number of carboxylic acid groups (broad SMARTS) is 1. The van der Waals surface area contributed by atoms with Crippen molar-refractivity contribution in [3.63, 3.8) is 0 Å². The van der Waals surface area contributed by atoms with Crippen molar-refractivity contribution in [2.24, 2.45) is 0 Å². The molecular formula is C12H13NO2. The van der Waals surface area contributed by atoms with Crippen molar-refractivity contribution >= 4 is 12.0 Å². The summed E-state index contributed by atoms with van der Waals surface area (Å²) >= 11 is 0. The van der Waals surface area contributed by atoms with Gasteiger partial charge in [-0.3, -0.25) is 4.79 Å². The molecule has 2 N–H and O–H groups in total. The van der Waals surface area contributed by atoms with Crippen molar-refractivity contribution in [2.45, 2.75) is 6.42 Å². The van der Waals surface area contributed by atoms with Gasteiger partial charge in [0, 0.05) is 13.1 Å². The molecule has 0 amide bonds. The second-order valence-corrected chi connectivity index (χ2v) is 3.72. The van der Waals surface area contributed by atoms with E-state index in [4.69, 9.17) is 5.11 Å². The Hall–Kier alpha value is -1.61. The Labute approximate surface area is 88.4 Å². The van der Waals surface area contributed by atoms with Gasteiger partial charge >= 0.3 is 5.97 Å². The van der Waals surface area contributed by atoms with E-state index < -0.39 is 5.97 Å². The summed E-state index contributed by atoms with van der Waals surface area (Å²) in [6, 6.07) is 7.66. The second kappa shape index (κ2) is 4.28. The SMILES string of the molecule is O=C(O)Cc1ccc(C=C2CNC2)cc1. The van der Waals surface area contributed by atoms with Crippen LogP contribution in [-0.2, 0) is 11.2 Å². The minimum atomic E-state index is -0.788. The minimum Gasteiger partial charge on any atom is -0.481 e. The van der Waals surface area contributed by atoms with E-state index in [2.05, 4.69) is 11.4 Å². The van der Waals surface area contributed by atoms with E-state index in [1.54, 1.807) is 0 Å². The number of hydrogen-bond donors (Lipinski definition) is 2. The summed E-state index contributed by atoms with van der Waals surface area (Å²) in [6.07, 6.45) is 2.24. The average Bonchev–Trinajstić information content (AvgIpc) is 2.13. The summed E-state index contributed by atoms with van der Waals surface area (Å²) in [4.78, 5) is 10.5. The van der Waals surface area contributed by atoms with Gasteiger partial charge in [0.05, 0.1) is 6.42 Å². The molecule has 1 aromatic carbocycles. The number of benzene rings is 1. The van der Waals surface area contributed by atoms with Crippen LogP contribution in [0.25, 0.3) is 6.08 Å². The maximum absolute atomic E-state index is 10.5. The highest BCUT2D eigenvalue weighted by Gasteiger charge is 2.06. The highest BCUT2D eigenvalue weighted by Crippen LogP contribution is 2.11. The Morgan fingerprint density at radius 3 is 2.47 bits per heavy atom. The van der Waals surface area contributed by atoms with Crippen molar-refractivity contribution in [3.05, 3.63) is 41.0 Å². The fourth-order valence-electron chi connectivity index (χ4n) is 1.51. The van der Waals surface area contributed by atoms with E-state index in [0.717, 1.165) is 24.2 Å². The molecule has 2 rings (SSSR count). The molecule has 0 saturated carbocycles. The smallest absolute Gasteiger partial charge is 0.307 e. The van der Waals surface area contributed by atoms with E-state index in [1.165, 1.54) is 5.57 Å². The monoisotopic (exact) mass is 203 g/mol. The third-order valence-corrected chi connectivity index (χ3v) is 2.41. The van der Waals surface area contributed by atoms with Crippen LogP contribution in [0.15, 0.2) is 29.8 Å². The first-order valence-electron chi connectivity index (χ1n) is 4.95. The molecule has 15 heavy (non-hydrogen) atoms. The maximum atomic E-state index is 10.5. The Bertz CT molecular complexity index is 387. The molecule has 1 fully saturated rings. The molecule has 1 aliphatic heterocycles. The molecular weight excluding hydrogens is 190 g/mol. The predicted octanol–water partition coefficient (Wildman–Crippen LogP) is 1.30. The number of carbonyl (C=O) groups is 1. The van der Waals surface area contributed by atoms with Gasteiger partial charge in [0.2, 0.25) is 0 Å². The Kier molecular flexibility index (Phi) is 2.83. The summed E-state index contributed by atoms with van der Waals surface area (Å²) < 4.78 is 0. The molecule has 0 bridgehead atoms. The molecule has 0 aromatic heterocycles. The normalized spacial score (nSPS) is 14.5. The zero-order valence-corrected chi connectivity index (χ0v) is 8.36. The third kappa shape index (κ3) is 2.67. The van der Waals surface area contributed by atoms with E-state index >= 15 is 0 Å². The summed E-state index contributed by atoms with van der Waals surface area (Å²) in [5.74, 6) is -0.788. The summed E-state index contributed by atoms with van der Waals surface area (Å²) in [5, 5.41) is 11.8. The first kappa shape index (κ1) is 9.93. The van der Waals surface area contributed by atoms with Gasteiger partial charge in [0.1, 0.15) is 0 Å². The maximum Gasteiger partial charge on any atom is 0.307 e. The first-order chi connectivity index (χ1) is 7.24. The summed E-state index contributed by atoms with van der Waals surface area (Å²) in [7, 11) is 0. The van der Waals surface area contributed by atoms with Crippen molar-refractivity contribution in [2.75, 3.05) is 13.1 Å². The Morgan fingerprint density at radius 2 is 2.00 bits per heavy atom. The number of nitrogens with one attached hydrogen (secondary N) is 1. The topological polar surface area (TPSA) is 49.3 Å². The number of hydrogen-bond acceptors (Lipinski definition) is 2. The molecule has 0 radical (unpaired) electrons. The highest BCUT2D eigenvalue weighted by atomic mass is 16.4. The number of rotatable bonds is 3. The second-order valence-electron chi connectivity index (χ2n) is 3.72. The molecule has 0 unspecified atom stereocenters. The van der Waals surface area contributed by atoms with E-state index in [9.17, 15) is 4.79 Å². The lowest BCUT2D eigenvalue weighted by molar-refractivity contribution is -0.136. The molecule has 3 heteroatoms. The average molecular weight is 203 g/mol. The molecule has 1 heterocycles.